The van der Waals surface area contributed by atoms with E-state index in [2.05, 4.69) is 31.7 Å². The fourth-order valence-corrected chi connectivity index (χ4v) is 1.86. The van der Waals surface area contributed by atoms with Gasteiger partial charge in [0.05, 0.1) is 24.5 Å². The molecule has 0 bridgehead atoms. The van der Waals surface area contributed by atoms with E-state index >= 15 is 0 Å². The van der Waals surface area contributed by atoms with E-state index in [4.69, 9.17) is 0 Å². The Morgan fingerprint density at radius 1 is 1.53 bits per heavy atom. The third-order valence-electron chi connectivity index (χ3n) is 2.44. The minimum Gasteiger partial charge on any atom is -0.374 e. The Bertz CT molecular complexity index is 499. The zero-order chi connectivity index (χ0) is 14.4. The van der Waals surface area contributed by atoms with Crippen LogP contribution in [0.3, 0.4) is 0 Å². The first-order chi connectivity index (χ1) is 8.97. The molecule has 0 radical (unpaired) electrons. The van der Waals surface area contributed by atoms with Gasteiger partial charge in [0.2, 0.25) is 5.91 Å². The highest BCUT2D eigenvalue weighted by molar-refractivity contribution is 9.10. The van der Waals surface area contributed by atoms with Crippen LogP contribution in [-0.4, -0.2) is 28.8 Å². The third-order valence-corrected chi connectivity index (χ3v) is 3.21. The molecule has 1 rings (SSSR count). The minimum absolute atomic E-state index is 0.00861. The average molecular weight is 331 g/mol. The van der Waals surface area contributed by atoms with Crippen LogP contribution >= 0.6 is 15.9 Å². The molecule has 19 heavy (non-hydrogen) atoms. The van der Waals surface area contributed by atoms with Crippen LogP contribution < -0.4 is 16.2 Å². The summed E-state index contributed by atoms with van der Waals surface area (Å²) in [7, 11) is 0. The minimum atomic E-state index is -0.214. The maximum atomic E-state index is 12.0. The molecule has 1 aromatic rings. The summed E-state index contributed by atoms with van der Waals surface area (Å²) >= 11 is 3.23. The fraction of sp³-hybridized carbons (Fsp3) is 0.583. The van der Waals surface area contributed by atoms with E-state index in [-0.39, 0.29) is 24.1 Å². The summed E-state index contributed by atoms with van der Waals surface area (Å²) in [4.78, 5) is 23.4. The molecule has 0 aliphatic rings. The molecule has 1 amide bonds. The first-order valence-corrected chi connectivity index (χ1v) is 7.04. The lowest BCUT2D eigenvalue weighted by Crippen LogP contribution is -2.31. The van der Waals surface area contributed by atoms with Crippen molar-refractivity contribution in [3.05, 3.63) is 21.0 Å². The van der Waals surface area contributed by atoms with Crippen LogP contribution in [0.15, 0.2) is 15.5 Å². The van der Waals surface area contributed by atoms with Crippen molar-refractivity contribution in [3.8, 4) is 0 Å². The van der Waals surface area contributed by atoms with Crippen LogP contribution in [0.1, 0.15) is 33.2 Å². The molecule has 0 aliphatic heterocycles. The van der Waals surface area contributed by atoms with Crippen molar-refractivity contribution in [1.82, 2.24) is 15.1 Å². The molecule has 6 nitrogen and oxygen atoms in total. The monoisotopic (exact) mass is 330 g/mol. The van der Waals surface area contributed by atoms with Gasteiger partial charge in [0.15, 0.2) is 0 Å². The molecule has 0 unspecified atom stereocenters. The second-order valence-electron chi connectivity index (χ2n) is 4.42. The zero-order valence-electron chi connectivity index (χ0n) is 11.4. The molecule has 1 aromatic heterocycles. The van der Waals surface area contributed by atoms with Gasteiger partial charge in [-0.05, 0) is 36.2 Å². The fourth-order valence-electron chi connectivity index (χ4n) is 1.44. The summed E-state index contributed by atoms with van der Waals surface area (Å²) < 4.78 is 1.77. The number of anilines is 1. The van der Waals surface area contributed by atoms with E-state index in [1.54, 1.807) is 6.20 Å². The first-order valence-electron chi connectivity index (χ1n) is 6.25. The van der Waals surface area contributed by atoms with Gasteiger partial charge in [-0.1, -0.05) is 6.92 Å². The van der Waals surface area contributed by atoms with Crippen molar-refractivity contribution in [2.75, 3.05) is 18.4 Å². The normalized spacial score (nSPS) is 10.6. The number of rotatable bonds is 6. The largest absolute Gasteiger partial charge is 0.374 e. The number of hydrogen-bond acceptors (Lipinski definition) is 4. The Kier molecular flexibility index (Phi) is 6.01. The number of amides is 1. The highest BCUT2D eigenvalue weighted by Crippen LogP contribution is 2.16. The average Bonchev–Trinajstić information content (AvgIpc) is 2.37. The Labute approximate surface area is 120 Å². The number of nitrogens with one attached hydrogen (secondary N) is 2. The predicted octanol–water partition coefficient (Wildman–Crippen LogP) is 1.52. The predicted molar refractivity (Wildman–Crippen MR) is 78.4 cm³/mol. The molecule has 2 N–H and O–H groups in total. The van der Waals surface area contributed by atoms with Crippen molar-refractivity contribution >= 4 is 27.5 Å². The maximum Gasteiger partial charge on any atom is 0.283 e. The topological polar surface area (TPSA) is 76.0 Å². The Morgan fingerprint density at radius 3 is 2.79 bits per heavy atom. The maximum absolute atomic E-state index is 12.0. The molecular weight excluding hydrogens is 312 g/mol. The highest BCUT2D eigenvalue weighted by Gasteiger charge is 2.11. The molecule has 0 aromatic carbocycles. The number of nitrogens with zero attached hydrogens (tertiary/aromatic N) is 2. The second-order valence-corrected chi connectivity index (χ2v) is 5.21. The SMILES string of the molecule is CCCNC(=O)CNc1cnn(C(C)C)c(=O)c1Br. The van der Waals surface area contributed by atoms with Crippen molar-refractivity contribution in [2.24, 2.45) is 0 Å². The molecule has 0 saturated carbocycles. The molecular formula is C12H19BrN4O2. The van der Waals surface area contributed by atoms with Gasteiger partial charge in [-0.15, -0.1) is 0 Å². The second kappa shape index (κ2) is 7.28. The molecule has 0 aliphatic carbocycles. The first kappa shape index (κ1) is 15.7. The van der Waals surface area contributed by atoms with Gasteiger partial charge in [0.1, 0.15) is 4.47 Å². The van der Waals surface area contributed by atoms with Gasteiger partial charge in [-0.2, -0.15) is 5.10 Å². The van der Waals surface area contributed by atoms with Crippen molar-refractivity contribution in [3.63, 3.8) is 0 Å². The summed E-state index contributed by atoms with van der Waals surface area (Å²) in [5, 5.41) is 9.70. The van der Waals surface area contributed by atoms with E-state index in [1.807, 2.05) is 20.8 Å². The van der Waals surface area contributed by atoms with Gasteiger partial charge in [-0.25, -0.2) is 4.68 Å². The lowest BCUT2D eigenvalue weighted by atomic mass is 10.4. The van der Waals surface area contributed by atoms with Gasteiger partial charge in [-0.3, -0.25) is 9.59 Å². The quantitative estimate of drug-likeness (QED) is 0.829. The van der Waals surface area contributed by atoms with Gasteiger partial charge >= 0.3 is 0 Å². The van der Waals surface area contributed by atoms with Crippen LogP contribution in [0.5, 0.6) is 0 Å². The summed E-state index contributed by atoms with van der Waals surface area (Å²) in [5.74, 6) is -0.109. The number of halogens is 1. The molecule has 0 saturated heterocycles. The third kappa shape index (κ3) is 4.34. The van der Waals surface area contributed by atoms with Crippen LogP contribution in [0, 0.1) is 0 Å². The summed E-state index contributed by atoms with van der Waals surface area (Å²) in [6.07, 6.45) is 2.43. The Hall–Kier alpha value is -1.37. The zero-order valence-corrected chi connectivity index (χ0v) is 13.0. The van der Waals surface area contributed by atoms with E-state index in [0.29, 0.717) is 16.7 Å². The number of aromatic nitrogens is 2. The van der Waals surface area contributed by atoms with Crippen LogP contribution in [0.2, 0.25) is 0 Å². The summed E-state index contributed by atoms with van der Waals surface area (Å²) in [6, 6.07) is -0.00861. The van der Waals surface area contributed by atoms with E-state index in [0.717, 1.165) is 6.42 Å². The van der Waals surface area contributed by atoms with Gasteiger partial charge in [0, 0.05) is 6.54 Å². The Morgan fingerprint density at radius 2 is 2.21 bits per heavy atom. The molecule has 1 heterocycles. The highest BCUT2D eigenvalue weighted by atomic mass is 79.9. The van der Waals surface area contributed by atoms with Crippen LogP contribution in [0.25, 0.3) is 0 Å². The van der Waals surface area contributed by atoms with Gasteiger partial charge in [0.25, 0.3) is 5.56 Å². The lowest BCUT2D eigenvalue weighted by Gasteiger charge is -2.12. The molecule has 0 fully saturated rings. The lowest BCUT2D eigenvalue weighted by molar-refractivity contribution is -0.119. The summed E-state index contributed by atoms with van der Waals surface area (Å²) in [5.41, 5.74) is 0.308. The standard InChI is InChI=1S/C12H19BrN4O2/c1-4-5-14-10(18)7-15-9-6-16-17(8(2)3)12(19)11(9)13/h6,8,15H,4-5,7H2,1-3H3,(H,14,18). The molecule has 106 valence electrons. The smallest absolute Gasteiger partial charge is 0.283 e. The summed E-state index contributed by atoms with van der Waals surface area (Å²) in [6.45, 7) is 6.51. The van der Waals surface area contributed by atoms with Crippen molar-refractivity contribution < 1.29 is 4.79 Å². The number of hydrogen-bond donors (Lipinski definition) is 2. The van der Waals surface area contributed by atoms with Gasteiger partial charge < -0.3 is 10.6 Å². The van der Waals surface area contributed by atoms with E-state index in [9.17, 15) is 9.59 Å². The van der Waals surface area contributed by atoms with Crippen molar-refractivity contribution in [2.45, 2.75) is 33.2 Å². The van der Waals surface area contributed by atoms with E-state index < -0.39 is 0 Å². The van der Waals surface area contributed by atoms with Crippen LogP contribution in [0.4, 0.5) is 5.69 Å². The Balaban J connectivity index is 2.73. The van der Waals surface area contributed by atoms with E-state index in [1.165, 1.54) is 4.68 Å². The van der Waals surface area contributed by atoms with Crippen molar-refractivity contribution in [1.29, 1.82) is 0 Å². The number of carbonyl (C=O) groups is 1. The molecule has 0 spiro atoms. The molecule has 7 heteroatoms. The van der Waals surface area contributed by atoms with Crippen LogP contribution in [-0.2, 0) is 4.79 Å². The number of carbonyl (C=O) groups excluding carboxylic acids is 1. The molecule has 0 atom stereocenters.